The van der Waals surface area contributed by atoms with Crippen molar-refractivity contribution in [2.24, 2.45) is 0 Å². The molecule has 1 aromatic carbocycles. The molecule has 0 radical (unpaired) electrons. The molecule has 17 heavy (non-hydrogen) atoms. The van der Waals surface area contributed by atoms with E-state index in [0.717, 1.165) is 11.8 Å². The first kappa shape index (κ1) is 11.7. The van der Waals surface area contributed by atoms with Crippen molar-refractivity contribution in [3.63, 3.8) is 0 Å². The molecule has 88 valence electrons. The van der Waals surface area contributed by atoms with E-state index in [1.807, 2.05) is 0 Å². The third-order valence-electron chi connectivity index (χ3n) is 2.13. The lowest BCUT2D eigenvalue weighted by atomic mass is 10.2. The predicted molar refractivity (Wildman–Crippen MR) is 61.6 cm³/mol. The van der Waals surface area contributed by atoms with Crippen LogP contribution in [0.2, 0.25) is 0 Å². The Labute approximate surface area is 101 Å². The number of hydrogen-bond donors (Lipinski definition) is 1. The van der Waals surface area contributed by atoms with Gasteiger partial charge in [-0.15, -0.1) is 11.8 Å². The van der Waals surface area contributed by atoms with Gasteiger partial charge in [0.2, 0.25) is 0 Å². The topological polar surface area (TPSA) is 50.4 Å². The summed E-state index contributed by atoms with van der Waals surface area (Å²) >= 11 is 1.20. The van der Waals surface area contributed by atoms with Crippen LogP contribution in [0.25, 0.3) is 0 Å². The number of halogens is 1. The Bertz CT molecular complexity index is 523. The molecule has 0 spiro atoms. The number of furan rings is 1. The van der Waals surface area contributed by atoms with Crippen LogP contribution in [-0.2, 0) is 5.75 Å². The second-order valence-corrected chi connectivity index (χ2v) is 4.34. The summed E-state index contributed by atoms with van der Waals surface area (Å²) < 4.78 is 18.5. The molecule has 2 rings (SSSR count). The summed E-state index contributed by atoms with van der Waals surface area (Å²) in [6, 6.07) is 7.26. The summed E-state index contributed by atoms with van der Waals surface area (Å²) in [5, 5.41) is 8.80. The molecule has 0 aliphatic carbocycles. The fourth-order valence-electron chi connectivity index (χ4n) is 1.29. The highest BCUT2D eigenvalue weighted by atomic mass is 32.2. The van der Waals surface area contributed by atoms with Gasteiger partial charge in [-0.1, -0.05) is 0 Å². The lowest BCUT2D eigenvalue weighted by Crippen LogP contribution is -1.97. The zero-order valence-corrected chi connectivity index (χ0v) is 9.54. The Balaban J connectivity index is 2.14. The Morgan fingerprint density at radius 2 is 2.24 bits per heavy atom. The van der Waals surface area contributed by atoms with Crippen molar-refractivity contribution in [2.45, 2.75) is 10.6 Å². The van der Waals surface area contributed by atoms with Gasteiger partial charge in [0.15, 0.2) is 0 Å². The average molecular weight is 252 g/mol. The monoisotopic (exact) mass is 252 g/mol. The van der Waals surface area contributed by atoms with Crippen molar-refractivity contribution in [1.29, 1.82) is 0 Å². The van der Waals surface area contributed by atoms with Gasteiger partial charge in [-0.3, -0.25) is 0 Å². The first-order valence-corrected chi connectivity index (χ1v) is 5.83. The summed E-state index contributed by atoms with van der Waals surface area (Å²) in [6.45, 7) is 0. The van der Waals surface area contributed by atoms with E-state index in [2.05, 4.69) is 0 Å². The molecule has 1 aromatic heterocycles. The maximum absolute atomic E-state index is 13.4. The Morgan fingerprint density at radius 3 is 2.88 bits per heavy atom. The summed E-state index contributed by atoms with van der Waals surface area (Å²) in [6.07, 6.45) is 1.54. The Morgan fingerprint density at radius 1 is 1.41 bits per heavy atom. The number of hydrogen-bond acceptors (Lipinski definition) is 3. The molecular weight excluding hydrogens is 243 g/mol. The molecule has 0 atom stereocenters. The van der Waals surface area contributed by atoms with Gasteiger partial charge in [-0.25, -0.2) is 9.18 Å². The van der Waals surface area contributed by atoms with Crippen LogP contribution in [0.1, 0.15) is 16.1 Å². The molecule has 1 heterocycles. The van der Waals surface area contributed by atoms with Crippen LogP contribution in [0.5, 0.6) is 0 Å². The van der Waals surface area contributed by atoms with Gasteiger partial charge >= 0.3 is 5.97 Å². The third-order valence-corrected chi connectivity index (χ3v) is 3.18. The van der Waals surface area contributed by atoms with Crippen molar-refractivity contribution in [2.75, 3.05) is 0 Å². The summed E-state index contributed by atoms with van der Waals surface area (Å²) in [4.78, 5) is 11.1. The third kappa shape index (κ3) is 2.88. The van der Waals surface area contributed by atoms with E-state index in [1.54, 1.807) is 18.4 Å². The second kappa shape index (κ2) is 5.05. The molecule has 2 aromatic rings. The van der Waals surface area contributed by atoms with Crippen LogP contribution in [0.3, 0.4) is 0 Å². The fraction of sp³-hybridized carbons (Fsp3) is 0.0833. The van der Waals surface area contributed by atoms with E-state index < -0.39 is 11.8 Å². The van der Waals surface area contributed by atoms with Gasteiger partial charge in [-0.05, 0) is 30.3 Å². The number of carbonyl (C=O) groups is 1. The van der Waals surface area contributed by atoms with Crippen LogP contribution in [0.4, 0.5) is 4.39 Å². The maximum Gasteiger partial charge on any atom is 0.335 e. The molecule has 0 saturated carbocycles. The van der Waals surface area contributed by atoms with Crippen LogP contribution >= 0.6 is 11.8 Å². The van der Waals surface area contributed by atoms with Gasteiger partial charge < -0.3 is 9.52 Å². The molecular formula is C12H9FO3S. The highest BCUT2D eigenvalue weighted by molar-refractivity contribution is 7.98. The van der Waals surface area contributed by atoms with Crippen LogP contribution in [0.15, 0.2) is 45.9 Å². The highest BCUT2D eigenvalue weighted by Crippen LogP contribution is 2.26. The molecule has 0 fully saturated rings. The molecule has 0 amide bonds. The second-order valence-electron chi connectivity index (χ2n) is 3.32. The Kier molecular flexibility index (Phi) is 3.49. The minimum Gasteiger partial charge on any atom is -0.478 e. The number of benzene rings is 1. The van der Waals surface area contributed by atoms with Gasteiger partial charge in [0.1, 0.15) is 11.6 Å². The van der Waals surface area contributed by atoms with Crippen LogP contribution < -0.4 is 0 Å². The number of rotatable bonds is 4. The van der Waals surface area contributed by atoms with Gasteiger partial charge in [0.05, 0.1) is 17.6 Å². The standard InChI is InChI=1S/C12H9FO3S/c13-10-4-3-8(12(14)15)6-11(10)17-7-9-2-1-5-16-9/h1-6H,7H2,(H,14,15). The minimum absolute atomic E-state index is 0.0772. The highest BCUT2D eigenvalue weighted by Gasteiger charge is 2.09. The SMILES string of the molecule is O=C(O)c1ccc(F)c(SCc2ccco2)c1. The predicted octanol–water partition coefficient (Wildman–Crippen LogP) is 3.41. The van der Waals surface area contributed by atoms with E-state index >= 15 is 0 Å². The van der Waals surface area contributed by atoms with Crippen molar-refractivity contribution in [3.8, 4) is 0 Å². The van der Waals surface area contributed by atoms with E-state index in [4.69, 9.17) is 9.52 Å². The molecule has 0 bridgehead atoms. The van der Waals surface area contributed by atoms with Crippen molar-refractivity contribution < 1.29 is 18.7 Å². The Hall–Kier alpha value is -1.75. The molecule has 0 unspecified atom stereocenters. The van der Waals surface area contributed by atoms with E-state index in [0.29, 0.717) is 10.6 Å². The molecule has 0 aliphatic rings. The van der Waals surface area contributed by atoms with Crippen molar-refractivity contribution in [3.05, 3.63) is 53.7 Å². The van der Waals surface area contributed by atoms with E-state index in [-0.39, 0.29) is 5.56 Å². The summed E-state index contributed by atoms with van der Waals surface area (Å²) in [5.74, 6) is -0.306. The lowest BCUT2D eigenvalue weighted by molar-refractivity contribution is 0.0696. The molecule has 0 aliphatic heterocycles. The van der Waals surface area contributed by atoms with Crippen molar-refractivity contribution >= 4 is 17.7 Å². The first-order valence-electron chi connectivity index (χ1n) is 4.85. The minimum atomic E-state index is -1.06. The molecule has 5 heteroatoms. The van der Waals surface area contributed by atoms with Gasteiger partial charge in [-0.2, -0.15) is 0 Å². The van der Waals surface area contributed by atoms with E-state index in [1.165, 1.54) is 23.9 Å². The first-order chi connectivity index (χ1) is 8.16. The van der Waals surface area contributed by atoms with Gasteiger partial charge in [0.25, 0.3) is 0 Å². The summed E-state index contributed by atoms with van der Waals surface area (Å²) in [7, 11) is 0. The molecule has 0 saturated heterocycles. The number of carboxylic acids is 1. The maximum atomic E-state index is 13.4. The number of carboxylic acid groups (broad SMARTS) is 1. The molecule has 1 N–H and O–H groups in total. The van der Waals surface area contributed by atoms with Crippen LogP contribution in [0, 0.1) is 5.82 Å². The zero-order valence-electron chi connectivity index (χ0n) is 8.72. The number of aromatic carboxylic acids is 1. The number of thioether (sulfide) groups is 1. The average Bonchev–Trinajstić information content (AvgIpc) is 2.80. The smallest absolute Gasteiger partial charge is 0.335 e. The largest absolute Gasteiger partial charge is 0.478 e. The van der Waals surface area contributed by atoms with Crippen molar-refractivity contribution in [1.82, 2.24) is 0 Å². The zero-order chi connectivity index (χ0) is 12.3. The normalized spacial score (nSPS) is 10.4. The quantitative estimate of drug-likeness (QED) is 0.847. The van der Waals surface area contributed by atoms with Crippen LogP contribution in [-0.4, -0.2) is 11.1 Å². The lowest BCUT2D eigenvalue weighted by Gasteiger charge is -2.03. The van der Waals surface area contributed by atoms with E-state index in [9.17, 15) is 9.18 Å². The summed E-state index contributed by atoms with van der Waals surface area (Å²) in [5.41, 5.74) is 0.0772. The molecule has 3 nitrogen and oxygen atoms in total. The van der Waals surface area contributed by atoms with Gasteiger partial charge in [0, 0.05) is 4.90 Å². The fourth-order valence-corrected chi connectivity index (χ4v) is 2.17.